The topological polar surface area (TPSA) is 75.3 Å². The minimum atomic E-state index is -0.271. The Morgan fingerprint density at radius 2 is 1.56 bits per heavy atom. The van der Waals surface area contributed by atoms with E-state index in [1.807, 2.05) is 74.5 Å². The van der Waals surface area contributed by atoms with E-state index in [1.165, 1.54) is 0 Å². The van der Waals surface area contributed by atoms with Gasteiger partial charge >= 0.3 is 6.03 Å². The van der Waals surface area contributed by atoms with E-state index >= 15 is 0 Å². The Bertz CT molecular complexity index is 863. The van der Waals surface area contributed by atoms with Crippen molar-refractivity contribution in [1.82, 2.24) is 10.3 Å². The standard InChI is InChI=1S/C21H22N4O2/c1-15(2)23-21(26)25-20-13-10-17(14-22-20)24-16-8-11-19(12-9-16)27-18-6-4-3-5-7-18/h3-15,24H,1-2H3,(H2,22,23,25,26). The summed E-state index contributed by atoms with van der Waals surface area (Å²) in [5.41, 5.74) is 1.73. The minimum Gasteiger partial charge on any atom is -0.457 e. The van der Waals surface area contributed by atoms with Crippen molar-refractivity contribution < 1.29 is 9.53 Å². The normalized spacial score (nSPS) is 10.3. The summed E-state index contributed by atoms with van der Waals surface area (Å²) in [5.74, 6) is 2.05. The van der Waals surface area contributed by atoms with Crippen LogP contribution in [-0.4, -0.2) is 17.1 Å². The summed E-state index contributed by atoms with van der Waals surface area (Å²) < 4.78 is 5.78. The molecule has 0 saturated heterocycles. The molecule has 6 heteroatoms. The van der Waals surface area contributed by atoms with Gasteiger partial charge in [-0.25, -0.2) is 9.78 Å². The Morgan fingerprint density at radius 3 is 2.19 bits per heavy atom. The van der Waals surface area contributed by atoms with Gasteiger partial charge in [0.25, 0.3) is 0 Å². The van der Waals surface area contributed by atoms with Crippen molar-refractivity contribution in [3.05, 3.63) is 72.9 Å². The molecule has 0 spiro atoms. The van der Waals surface area contributed by atoms with E-state index < -0.39 is 0 Å². The molecular formula is C21H22N4O2. The number of urea groups is 1. The highest BCUT2D eigenvalue weighted by Crippen LogP contribution is 2.24. The molecule has 0 radical (unpaired) electrons. The molecule has 0 aliphatic rings. The lowest BCUT2D eigenvalue weighted by molar-refractivity contribution is 0.250. The van der Waals surface area contributed by atoms with Crippen molar-refractivity contribution in [3.63, 3.8) is 0 Å². The summed E-state index contributed by atoms with van der Waals surface area (Å²) in [5, 5.41) is 8.70. The van der Waals surface area contributed by atoms with Crippen LogP contribution in [0.5, 0.6) is 11.5 Å². The summed E-state index contributed by atoms with van der Waals surface area (Å²) >= 11 is 0. The summed E-state index contributed by atoms with van der Waals surface area (Å²) in [7, 11) is 0. The van der Waals surface area contributed by atoms with Gasteiger partial charge in [-0.3, -0.25) is 5.32 Å². The number of para-hydroxylation sites is 1. The highest BCUT2D eigenvalue weighted by molar-refractivity contribution is 5.88. The van der Waals surface area contributed by atoms with Gasteiger partial charge < -0.3 is 15.4 Å². The highest BCUT2D eigenvalue weighted by atomic mass is 16.5. The van der Waals surface area contributed by atoms with E-state index in [0.29, 0.717) is 5.82 Å². The number of carbonyl (C=O) groups excluding carboxylic acids is 1. The van der Waals surface area contributed by atoms with E-state index in [1.54, 1.807) is 12.3 Å². The largest absolute Gasteiger partial charge is 0.457 e. The molecular weight excluding hydrogens is 340 g/mol. The molecule has 0 bridgehead atoms. The second kappa shape index (κ2) is 8.71. The van der Waals surface area contributed by atoms with Gasteiger partial charge in [0, 0.05) is 11.7 Å². The third-order valence-electron chi connectivity index (χ3n) is 3.55. The Balaban J connectivity index is 1.56. The second-order valence-corrected chi connectivity index (χ2v) is 6.25. The third kappa shape index (κ3) is 5.74. The first-order chi connectivity index (χ1) is 13.1. The zero-order valence-corrected chi connectivity index (χ0v) is 15.3. The summed E-state index contributed by atoms with van der Waals surface area (Å²) in [4.78, 5) is 15.9. The van der Waals surface area contributed by atoms with E-state index in [-0.39, 0.29) is 12.1 Å². The lowest BCUT2D eigenvalue weighted by atomic mass is 10.3. The zero-order valence-electron chi connectivity index (χ0n) is 15.3. The number of carbonyl (C=O) groups is 1. The first-order valence-corrected chi connectivity index (χ1v) is 8.72. The molecule has 27 heavy (non-hydrogen) atoms. The Kier molecular flexibility index (Phi) is 5.89. The van der Waals surface area contributed by atoms with Crippen LogP contribution in [0.3, 0.4) is 0 Å². The van der Waals surface area contributed by atoms with Crippen LogP contribution in [0.1, 0.15) is 13.8 Å². The monoisotopic (exact) mass is 362 g/mol. The lowest BCUT2D eigenvalue weighted by Crippen LogP contribution is -2.34. The minimum absolute atomic E-state index is 0.0692. The SMILES string of the molecule is CC(C)NC(=O)Nc1ccc(Nc2ccc(Oc3ccccc3)cc2)cn1. The highest BCUT2D eigenvalue weighted by Gasteiger charge is 2.04. The van der Waals surface area contributed by atoms with Crippen molar-refractivity contribution in [2.75, 3.05) is 10.6 Å². The van der Waals surface area contributed by atoms with Gasteiger partial charge in [-0.2, -0.15) is 0 Å². The summed E-state index contributed by atoms with van der Waals surface area (Å²) in [6.45, 7) is 3.80. The molecule has 0 unspecified atom stereocenters. The predicted molar refractivity (Wildman–Crippen MR) is 108 cm³/mol. The molecule has 0 aliphatic heterocycles. The second-order valence-electron chi connectivity index (χ2n) is 6.25. The smallest absolute Gasteiger partial charge is 0.320 e. The van der Waals surface area contributed by atoms with E-state index in [0.717, 1.165) is 22.9 Å². The van der Waals surface area contributed by atoms with E-state index in [9.17, 15) is 4.79 Å². The van der Waals surface area contributed by atoms with Crippen molar-refractivity contribution in [1.29, 1.82) is 0 Å². The van der Waals surface area contributed by atoms with E-state index in [4.69, 9.17) is 4.74 Å². The Labute approximate surface area is 158 Å². The zero-order chi connectivity index (χ0) is 19.1. The maximum atomic E-state index is 11.7. The molecule has 0 saturated carbocycles. The summed E-state index contributed by atoms with van der Waals surface area (Å²) in [6, 6.07) is 20.7. The molecule has 3 aromatic rings. The molecule has 6 nitrogen and oxygen atoms in total. The van der Waals surface area contributed by atoms with Crippen LogP contribution in [0, 0.1) is 0 Å². The van der Waals surface area contributed by atoms with E-state index in [2.05, 4.69) is 20.9 Å². The molecule has 1 heterocycles. The van der Waals surface area contributed by atoms with Crippen LogP contribution in [0.25, 0.3) is 0 Å². The molecule has 1 aromatic heterocycles. The van der Waals surface area contributed by atoms with Crippen LogP contribution in [0.2, 0.25) is 0 Å². The fraction of sp³-hybridized carbons (Fsp3) is 0.143. The number of benzene rings is 2. The number of nitrogens with one attached hydrogen (secondary N) is 3. The van der Waals surface area contributed by atoms with Gasteiger partial charge in [0.1, 0.15) is 17.3 Å². The third-order valence-corrected chi connectivity index (χ3v) is 3.55. The molecule has 0 atom stereocenters. The average molecular weight is 362 g/mol. The van der Waals surface area contributed by atoms with Crippen molar-refractivity contribution in [2.45, 2.75) is 19.9 Å². The number of hydrogen-bond acceptors (Lipinski definition) is 4. The van der Waals surface area contributed by atoms with Gasteiger partial charge in [0.2, 0.25) is 0 Å². The Hall–Kier alpha value is -3.54. The quantitative estimate of drug-likeness (QED) is 0.567. The van der Waals surface area contributed by atoms with Gasteiger partial charge in [0.15, 0.2) is 0 Å². The van der Waals surface area contributed by atoms with Crippen molar-refractivity contribution in [2.24, 2.45) is 0 Å². The van der Waals surface area contributed by atoms with Gasteiger partial charge in [-0.15, -0.1) is 0 Å². The molecule has 3 rings (SSSR count). The molecule has 138 valence electrons. The first kappa shape index (κ1) is 18.3. The fourth-order valence-corrected chi connectivity index (χ4v) is 2.35. The first-order valence-electron chi connectivity index (χ1n) is 8.72. The van der Waals surface area contributed by atoms with Crippen LogP contribution in [0.4, 0.5) is 22.0 Å². The molecule has 2 aromatic carbocycles. The summed E-state index contributed by atoms with van der Waals surface area (Å²) in [6.07, 6.45) is 1.67. The van der Waals surface area contributed by atoms with Crippen LogP contribution >= 0.6 is 0 Å². The predicted octanol–water partition coefficient (Wildman–Crippen LogP) is 5.15. The van der Waals surface area contributed by atoms with Gasteiger partial charge in [0.05, 0.1) is 11.9 Å². The molecule has 0 aliphatic carbocycles. The molecule has 0 fully saturated rings. The number of rotatable bonds is 6. The molecule has 3 N–H and O–H groups in total. The van der Waals surface area contributed by atoms with Gasteiger partial charge in [-0.05, 0) is 62.4 Å². The van der Waals surface area contributed by atoms with Crippen molar-refractivity contribution in [3.8, 4) is 11.5 Å². The fourth-order valence-electron chi connectivity index (χ4n) is 2.35. The maximum Gasteiger partial charge on any atom is 0.320 e. The number of nitrogens with zero attached hydrogens (tertiary/aromatic N) is 1. The number of pyridine rings is 1. The number of anilines is 3. The van der Waals surface area contributed by atoms with Crippen LogP contribution < -0.4 is 20.7 Å². The number of hydrogen-bond donors (Lipinski definition) is 3. The number of ether oxygens (including phenoxy) is 1. The van der Waals surface area contributed by atoms with Crippen molar-refractivity contribution >= 4 is 23.2 Å². The Morgan fingerprint density at radius 1 is 0.889 bits per heavy atom. The van der Waals surface area contributed by atoms with Crippen LogP contribution in [-0.2, 0) is 0 Å². The maximum absolute atomic E-state index is 11.7. The number of amides is 2. The molecule has 2 amide bonds. The van der Waals surface area contributed by atoms with Crippen LogP contribution in [0.15, 0.2) is 72.9 Å². The number of aromatic nitrogens is 1. The van der Waals surface area contributed by atoms with Gasteiger partial charge in [-0.1, -0.05) is 18.2 Å². The average Bonchev–Trinajstić information content (AvgIpc) is 2.65. The lowest BCUT2D eigenvalue weighted by Gasteiger charge is -2.11.